The average molecular weight is 522 g/mol. The van der Waals surface area contributed by atoms with E-state index in [1.807, 2.05) is 0 Å². The summed E-state index contributed by atoms with van der Waals surface area (Å²) in [7, 11) is 2.74. The molecule has 0 radical (unpaired) electrons. The largest absolute Gasteiger partial charge is 0.507 e. The molecule has 1 aliphatic rings. The zero-order valence-corrected chi connectivity index (χ0v) is 21.1. The Labute approximate surface area is 218 Å². The Kier molecular flexibility index (Phi) is 7.50. The second-order valence-corrected chi connectivity index (χ2v) is 8.43. The van der Waals surface area contributed by atoms with E-state index < -0.39 is 23.7 Å². The van der Waals surface area contributed by atoms with E-state index in [4.69, 9.17) is 25.8 Å². The van der Waals surface area contributed by atoms with Gasteiger partial charge in [-0.15, -0.1) is 0 Å². The van der Waals surface area contributed by atoms with E-state index in [-0.39, 0.29) is 22.5 Å². The van der Waals surface area contributed by atoms with Gasteiger partial charge in [0.05, 0.1) is 43.0 Å². The molecule has 1 heterocycles. The van der Waals surface area contributed by atoms with Gasteiger partial charge >= 0.3 is 5.97 Å². The molecule has 0 spiro atoms. The van der Waals surface area contributed by atoms with Gasteiger partial charge in [0.15, 0.2) is 0 Å². The number of hydrogen-bond acceptors (Lipinski definition) is 7. The summed E-state index contributed by atoms with van der Waals surface area (Å²) in [6.45, 7) is 2.14. The molecule has 37 heavy (non-hydrogen) atoms. The third-order valence-corrected chi connectivity index (χ3v) is 6.26. The predicted molar refractivity (Wildman–Crippen MR) is 138 cm³/mol. The highest BCUT2D eigenvalue weighted by atomic mass is 35.5. The van der Waals surface area contributed by atoms with Crippen molar-refractivity contribution in [2.24, 2.45) is 0 Å². The fourth-order valence-corrected chi connectivity index (χ4v) is 4.41. The van der Waals surface area contributed by atoms with Gasteiger partial charge in [-0.05, 0) is 55.5 Å². The zero-order valence-electron chi connectivity index (χ0n) is 20.4. The molecule has 190 valence electrons. The minimum absolute atomic E-state index is 0.128. The molecule has 3 aromatic rings. The predicted octanol–water partition coefficient (Wildman–Crippen LogP) is 5.16. The Morgan fingerprint density at radius 3 is 2.30 bits per heavy atom. The standard InChI is InChI=1S/C28H24ClNO7/c1-4-37-22-15-17(11-14-20(22)29)25(31)23-24(19-7-5-6-8-21(19)35-2)30(27(33)26(23)32)18-12-9-16(10-13-18)28(34)36-3/h5-15,24,31H,4H2,1-3H3/b25-23+. The van der Waals surface area contributed by atoms with Crippen LogP contribution < -0.4 is 14.4 Å². The number of esters is 1. The lowest BCUT2D eigenvalue weighted by Crippen LogP contribution is -2.29. The summed E-state index contributed by atoms with van der Waals surface area (Å²) < 4.78 is 15.8. The molecule has 1 unspecified atom stereocenters. The second-order valence-electron chi connectivity index (χ2n) is 8.03. The lowest BCUT2D eigenvalue weighted by Gasteiger charge is -2.26. The van der Waals surface area contributed by atoms with Gasteiger partial charge < -0.3 is 19.3 Å². The molecule has 0 bridgehead atoms. The van der Waals surface area contributed by atoms with Crippen LogP contribution >= 0.6 is 11.6 Å². The molecule has 4 rings (SSSR count). The van der Waals surface area contributed by atoms with Crippen molar-refractivity contribution in [3.8, 4) is 11.5 Å². The van der Waals surface area contributed by atoms with Gasteiger partial charge in [-0.25, -0.2) is 4.79 Å². The molecule has 1 fully saturated rings. The van der Waals surface area contributed by atoms with Crippen molar-refractivity contribution in [1.29, 1.82) is 0 Å². The summed E-state index contributed by atoms with van der Waals surface area (Å²) in [5.41, 5.74) is 1.24. The van der Waals surface area contributed by atoms with Crippen LogP contribution in [0.25, 0.3) is 5.76 Å². The van der Waals surface area contributed by atoms with Gasteiger partial charge in [0.25, 0.3) is 11.7 Å². The number of halogens is 1. The van der Waals surface area contributed by atoms with Crippen LogP contribution in [0.2, 0.25) is 5.02 Å². The molecule has 0 aromatic heterocycles. The van der Waals surface area contributed by atoms with Crippen molar-refractivity contribution >= 4 is 40.7 Å². The summed E-state index contributed by atoms with van der Waals surface area (Å²) in [5.74, 6) is -1.90. The number of Topliss-reactive ketones (excluding diaryl/α,β-unsaturated/α-hetero) is 1. The number of benzene rings is 3. The number of ketones is 1. The number of ether oxygens (including phenoxy) is 3. The maximum absolute atomic E-state index is 13.4. The van der Waals surface area contributed by atoms with Gasteiger partial charge in [-0.1, -0.05) is 29.8 Å². The van der Waals surface area contributed by atoms with Crippen LogP contribution in [0.3, 0.4) is 0 Å². The van der Waals surface area contributed by atoms with Crippen molar-refractivity contribution in [1.82, 2.24) is 0 Å². The topological polar surface area (TPSA) is 102 Å². The van der Waals surface area contributed by atoms with Crippen molar-refractivity contribution in [2.45, 2.75) is 13.0 Å². The number of rotatable bonds is 7. The quantitative estimate of drug-likeness (QED) is 0.198. The minimum atomic E-state index is -1.02. The molecule has 0 aliphatic carbocycles. The Morgan fingerprint density at radius 2 is 1.65 bits per heavy atom. The lowest BCUT2D eigenvalue weighted by atomic mass is 9.94. The van der Waals surface area contributed by atoms with E-state index >= 15 is 0 Å². The minimum Gasteiger partial charge on any atom is -0.507 e. The molecule has 3 aromatic carbocycles. The van der Waals surface area contributed by atoms with Crippen LogP contribution in [-0.4, -0.2) is 43.6 Å². The van der Waals surface area contributed by atoms with E-state index in [0.29, 0.717) is 34.4 Å². The Bertz CT molecular complexity index is 1400. The molecule has 9 heteroatoms. The monoisotopic (exact) mass is 521 g/mol. The zero-order chi connectivity index (χ0) is 26.7. The maximum atomic E-state index is 13.4. The fraction of sp³-hybridized carbons (Fsp3) is 0.179. The average Bonchev–Trinajstić information content (AvgIpc) is 3.19. The number of hydrogen-bond donors (Lipinski definition) is 1. The maximum Gasteiger partial charge on any atom is 0.337 e. The Morgan fingerprint density at radius 1 is 0.973 bits per heavy atom. The highest BCUT2D eigenvalue weighted by molar-refractivity contribution is 6.51. The molecule has 1 aliphatic heterocycles. The summed E-state index contributed by atoms with van der Waals surface area (Å²) in [5, 5.41) is 11.7. The number of amides is 1. The van der Waals surface area contributed by atoms with Crippen LogP contribution in [0.1, 0.15) is 34.5 Å². The van der Waals surface area contributed by atoms with E-state index in [2.05, 4.69) is 0 Å². The number of nitrogens with zero attached hydrogens (tertiary/aromatic N) is 1. The van der Waals surface area contributed by atoms with Gasteiger partial charge in [0, 0.05) is 16.8 Å². The van der Waals surface area contributed by atoms with Gasteiger partial charge in [-0.3, -0.25) is 14.5 Å². The first kappa shape index (κ1) is 25.8. The SMILES string of the molecule is CCOc1cc(/C(O)=C2\C(=O)C(=O)N(c3ccc(C(=O)OC)cc3)C2c2ccccc2OC)ccc1Cl. The summed E-state index contributed by atoms with van der Waals surface area (Å²) in [4.78, 5) is 40.0. The number of para-hydroxylation sites is 1. The molecule has 1 N–H and O–H groups in total. The van der Waals surface area contributed by atoms with Crippen LogP contribution in [0.15, 0.2) is 72.3 Å². The molecule has 8 nitrogen and oxygen atoms in total. The van der Waals surface area contributed by atoms with Crippen LogP contribution in [0, 0.1) is 0 Å². The highest BCUT2D eigenvalue weighted by Gasteiger charge is 2.48. The van der Waals surface area contributed by atoms with Crippen molar-refractivity contribution in [2.75, 3.05) is 25.7 Å². The smallest absolute Gasteiger partial charge is 0.337 e. The van der Waals surface area contributed by atoms with Crippen molar-refractivity contribution < 1.29 is 33.7 Å². The van der Waals surface area contributed by atoms with Gasteiger partial charge in [0.2, 0.25) is 0 Å². The van der Waals surface area contributed by atoms with Crippen LogP contribution in [0.4, 0.5) is 5.69 Å². The first-order valence-corrected chi connectivity index (χ1v) is 11.7. The molecule has 1 saturated heterocycles. The first-order valence-electron chi connectivity index (χ1n) is 11.4. The van der Waals surface area contributed by atoms with Crippen molar-refractivity contribution in [3.63, 3.8) is 0 Å². The number of aliphatic hydroxyl groups is 1. The van der Waals surface area contributed by atoms with Gasteiger partial charge in [-0.2, -0.15) is 0 Å². The number of methoxy groups -OCH3 is 2. The summed E-state index contributed by atoms with van der Waals surface area (Å²) >= 11 is 6.20. The van der Waals surface area contributed by atoms with Crippen LogP contribution in [-0.2, 0) is 14.3 Å². The molecule has 1 amide bonds. The van der Waals surface area contributed by atoms with Crippen molar-refractivity contribution in [3.05, 3.63) is 94.0 Å². The van der Waals surface area contributed by atoms with E-state index in [1.165, 1.54) is 55.5 Å². The van der Waals surface area contributed by atoms with Crippen LogP contribution in [0.5, 0.6) is 11.5 Å². The van der Waals surface area contributed by atoms with E-state index in [1.54, 1.807) is 37.3 Å². The third kappa shape index (κ3) is 4.75. The third-order valence-electron chi connectivity index (χ3n) is 5.95. The second kappa shape index (κ2) is 10.8. The normalized spacial score (nSPS) is 16.5. The van der Waals surface area contributed by atoms with E-state index in [0.717, 1.165) is 0 Å². The highest BCUT2D eigenvalue weighted by Crippen LogP contribution is 2.45. The number of anilines is 1. The lowest BCUT2D eigenvalue weighted by molar-refractivity contribution is -0.132. The molecule has 0 saturated carbocycles. The first-order chi connectivity index (χ1) is 17.8. The summed E-state index contributed by atoms with van der Waals surface area (Å²) in [6.07, 6.45) is 0. The number of aliphatic hydroxyl groups excluding tert-OH is 1. The molecular weight excluding hydrogens is 498 g/mol. The molecule has 1 atom stereocenters. The Hall–Kier alpha value is -4.30. The number of carbonyl (C=O) groups is 3. The van der Waals surface area contributed by atoms with Gasteiger partial charge in [0.1, 0.15) is 17.3 Å². The Balaban J connectivity index is 1.93. The molecular formula is C28H24ClNO7. The number of carbonyl (C=O) groups excluding carboxylic acids is 3. The fourth-order valence-electron chi connectivity index (χ4n) is 4.23. The van der Waals surface area contributed by atoms with E-state index in [9.17, 15) is 19.5 Å². The summed E-state index contributed by atoms with van der Waals surface area (Å²) in [6, 6.07) is 16.5.